The SMILES string of the molecule is CCCCc1cc2c3nc(c(-c4ccccc4)c4ccc([nH]4)c4cc(CCCC)cc(c4O)c4ccc5ccc6ccc(nc6c5n4)c(c1)c2O)C=C3. The smallest absolute Gasteiger partial charge is 0.134 e. The Balaban J connectivity index is 1.50. The second-order valence-corrected chi connectivity index (χ2v) is 14.1. The second kappa shape index (κ2) is 13.4. The molecule has 3 N–H and O–H groups in total. The third kappa shape index (κ3) is 5.81. The molecule has 8 aromatic rings. The summed E-state index contributed by atoms with van der Waals surface area (Å²) in [5.41, 5.74) is 10.2. The predicted molar refractivity (Wildman–Crippen MR) is 221 cm³/mol. The van der Waals surface area contributed by atoms with Crippen LogP contribution in [0.4, 0.5) is 0 Å². The van der Waals surface area contributed by atoms with E-state index in [1.54, 1.807) is 0 Å². The van der Waals surface area contributed by atoms with E-state index in [9.17, 15) is 10.2 Å². The van der Waals surface area contributed by atoms with Gasteiger partial charge in [-0.25, -0.2) is 15.0 Å². The molecule has 4 aromatic heterocycles. The van der Waals surface area contributed by atoms with Crippen molar-refractivity contribution in [2.75, 3.05) is 0 Å². The van der Waals surface area contributed by atoms with Crippen LogP contribution in [0, 0.1) is 0 Å². The molecule has 1 aliphatic rings. The first-order valence-electron chi connectivity index (χ1n) is 18.7. The number of aromatic nitrogens is 4. The van der Waals surface area contributed by atoms with Crippen molar-refractivity contribution in [1.29, 1.82) is 0 Å². The first-order valence-corrected chi connectivity index (χ1v) is 18.7. The van der Waals surface area contributed by atoms with Crippen LogP contribution in [0.1, 0.15) is 62.0 Å². The first kappa shape index (κ1) is 32.6. The van der Waals surface area contributed by atoms with Crippen molar-refractivity contribution in [1.82, 2.24) is 19.9 Å². The van der Waals surface area contributed by atoms with Gasteiger partial charge in [0.2, 0.25) is 0 Å². The molecule has 9 rings (SSSR count). The maximum Gasteiger partial charge on any atom is 0.134 e. The number of rotatable bonds is 7. The van der Waals surface area contributed by atoms with Gasteiger partial charge in [-0.2, -0.15) is 0 Å². The molecule has 0 saturated heterocycles. The predicted octanol–water partition coefficient (Wildman–Crippen LogP) is 12.1. The molecule has 0 radical (unpaired) electrons. The van der Waals surface area contributed by atoms with Crippen molar-refractivity contribution in [3.8, 4) is 22.6 Å². The lowest BCUT2D eigenvalue weighted by molar-refractivity contribution is 0.486. The van der Waals surface area contributed by atoms with Gasteiger partial charge in [-0.15, -0.1) is 0 Å². The van der Waals surface area contributed by atoms with Crippen LogP contribution in [-0.2, 0) is 12.8 Å². The fourth-order valence-electron chi connectivity index (χ4n) is 7.69. The lowest BCUT2D eigenvalue weighted by atomic mass is 10.0. The molecule has 5 heterocycles. The molecule has 6 heteroatoms. The summed E-state index contributed by atoms with van der Waals surface area (Å²) < 4.78 is 0. The molecule has 260 valence electrons. The van der Waals surface area contributed by atoms with Gasteiger partial charge in [-0.3, -0.25) is 0 Å². The van der Waals surface area contributed by atoms with E-state index < -0.39 is 0 Å². The van der Waals surface area contributed by atoms with Crippen LogP contribution in [0.2, 0.25) is 0 Å². The maximum atomic E-state index is 12.1. The van der Waals surface area contributed by atoms with Crippen molar-refractivity contribution >= 4 is 77.6 Å². The Kier molecular flexibility index (Phi) is 8.23. The highest BCUT2D eigenvalue weighted by molar-refractivity contribution is 6.08. The highest BCUT2D eigenvalue weighted by Gasteiger charge is 2.16. The summed E-state index contributed by atoms with van der Waals surface area (Å²) in [6, 6.07) is 34.9. The number of nitrogens with zero attached hydrogens (tertiary/aromatic N) is 3. The number of aryl methyl sites for hydroxylation is 2. The quantitative estimate of drug-likeness (QED) is 0.145. The van der Waals surface area contributed by atoms with E-state index in [4.69, 9.17) is 15.0 Å². The zero-order valence-electron chi connectivity index (χ0n) is 29.9. The fraction of sp³-hybridized carbons (Fsp3) is 0.170. The van der Waals surface area contributed by atoms with Gasteiger partial charge in [0, 0.05) is 48.9 Å². The number of phenols is 2. The zero-order chi connectivity index (χ0) is 36.1. The molecule has 6 nitrogen and oxygen atoms in total. The van der Waals surface area contributed by atoms with Gasteiger partial charge < -0.3 is 15.2 Å². The molecule has 4 aromatic carbocycles. The van der Waals surface area contributed by atoms with Gasteiger partial charge in [-0.1, -0.05) is 81.3 Å². The van der Waals surface area contributed by atoms with Gasteiger partial charge in [0.1, 0.15) is 11.5 Å². The van der Waals surface area contributed by atoms with E-state index in [0.717, 1.165) is 105 Å². The first-order chi connectivity index (χ1) is 26.0. The number of hydrogen-bond donors (Lipinski definition) is 3. The molecule has 12 bridgehead atoms. The fourth-order valence-corrected chi connectivity index (χ4v) is 7.69. The lowest BCUT2D eigenvalue weighted by Gasteiger charge is -2.09. The molecule has 0 amide bonds. The van der Waals surface area contributed by atoms with Crippen LogP contribution in [0.15, 0.2) is 103 Å². The highest BCUT2D eigenvalue weighted by Crippen LogP contribution is 2.38. The van der Waals surface area contributed by atoms with E-state index in [1.807, 2.05) is 48.6 Å². The number of fused-ring (bicyclic) bond motifs is 14. The van der Waals surface area contributed by atoms with E-state index >= 15 is 0 Å². The summed E-state index contributed by atoms with van der Waals surface area (Å²) in [7, 11) is 0. The van der Waals surface area contributed by atoms with Gasteiger partial charge in [0.25, 0.3) is 0 Å². The number of benzene rings is 4. The molecular formula is C47H40N4O2. The largest absolute Gasteiger partial charge is 0.507 e. The number of H-pyrrole nitrogens is 1. The van der Waals surface area contributed by atoms with Crippen molar-refractivity contribution in [2.24, 2.45) is 0 Å². The molecule has 0 fully saturated rings. The van der Waals surface area contributed by atoms with Crippen molar-refractivity contribution in [3.63, 3.8) is 0 Å². The van der Waals surface area contributed by atoms with Gasteiger partial charge >= 0.3 is 0 Å². The molecule has 0 saturated carbocycles. The third-order valence-corrected chi connectivity index (χ3v) is 10.5. The van der Waals surface area contributed by atoms with E-state index in [1.165, 1.54) is 0 Å². The molecule has 0 atom stereocenters. The summed E-state index contributed by atoms with van der Waals surface area (Å²) in [5, 5.41) is 28.8. The molecule has 0 unspecified atom stereocenters. The number of aromatic hydroxyl groups is 2. The highest BCUT2D eigenvalue weighted by atomic mass is 16.3. The third-order valence-electron chi connectivity index (χ3n) is 10.5. The Morgan fingerprint density at radius 3 is 1.68 bits per heavy atom. The van der Waals surface area contributed by atoms with Crippen molar-refractivity contribution in [2.45, 2.75) is 52.4 Å². The van der Waals surface area contributed by atoms with E-state index in [0.29, 0.717) is 32.9 Å². The van der Waals surface area contributed by atoms with Crippen molar-refractivity contribution in [3.05, 3.63) is 126 Å². The normalized spacial score (nSPS) is 12.1. The van der Waals surface area contributed by atoms with Crippen LogP contribution in [-0.4, -0.2) is 30.1 Å². The monoisotopic (exact) mass is 692 g/mol. The van der Waals surface area contributed by atoms with Crippen LogP contribution < -0.4 is 0 Å². The Labute approximate surface area is 307 Å². The number of aromatic amines is 1. The molecule has 53 heavy (non-hydrogen) atoms. The standard InChI is InChI=1S/C47H40N4O2/c1-3-5-10-28-24-33-37-20-22-41(48-37)43(30-12-8-7-9-13-30)42-23-21-38(49-42)34-25-29(11-6-4-2)27-36(47(34)53)40-19-17-32-15-14-31-16-18-39(35(26-28)46(33)52)50-44(31)45(32)51-40/h7-9,12-27,48,52-53H,3-6,10-11H2,1-2H3. The van der Waals surface area contributed by atoms with Gasteiger partial charge in [0.15, 0.2) is 0 Å². The topological polar surface area (TPSA) is 94.9 Å². The summed E-state index contributed by atoms with van der Waals surface area (Å²) >= 11 is 0. The van der Waals surface area contributed by atoms with Gasteiger partial charge in [0.05, 0.1) is 33.5 Å². The average Bonchev–Trinajstić information content (AvgIpc) is 3.88. The summed E-state index contributed by atoms with van der Waals surface area (Å²) in [6.07, 6.45) is 9.96. The van der Waals surface area contributed by atoms with Crippen LogP contribution in [0.5, 0.6) is 11.5 Å². The number of nitrogens with one attached hydrogen (secondary N) is 1. The summed E-state index contributed by atoms with van der Waals surface area (Å²) in [6.45, 7) is 4.39. The minimum absolute atomic E-state index is 0.150. The molecular weight excluding hydrogens is 653 g/mol. The van der Waals surface area contributed by atoms with Crippen LogP contribution >= 0.6 is 0 Å². The van der Waals surface area contributed by atoms with E-state index in [2.05, 4.69) is 85.6 Å². The van der Waals surface area contributed by atoms with Crippen LogP contribution in [0.25, 0.3) is 88.7 Å². The van der Waals surface area contributed by atoms with Crippen LogP contribution in [0.3, 0.4) is 0 Å². The van der Waals surface area contributed by atoms with E-state index in [-0.39, 0.29) is 11.5 Å². The zero-order valence-corrected chi connectivity index (χ0v) is 29.9. The molecule has 1 aliphatic heterocycles. The number of unbranched alkanes of at least 4 members (excludes halogenated alkanes) is 2. The number of hydrogen-bond acceptors (Lipinski definition) is 5. The minimum atomic E-state index is 0.150. The number of pyridine rings is 2. The minimum Gasteiger partial charge on any atom is -0.507 e. The van der Waals surface area contributed by atoms with Gasteiger partial charge in [-0.05, 0) is 103 Å². The Bertz CT molecular complexity index is 2890. The van der Waals surface area contributed by atoms with Crippen molar-refractivity contribution < 1.29 is 10.2 Å². The molecule has 0 aliphatic carbocycles. The Morgan fingerprint density at radius 2 is 1.06 bits per heavy atom. The average molecular weight is 693 g/mol. The Morgan fingerprint density at radius 1 is 0.528 bits per heavy atom. The summed E-state index contributed by atoms with van der Waals surface area (Å²) in [5.74, 6) is 0.324. The summed E-state index contributed by atoms with van der Waals surface area (Å²) in [4.78, 5) is 19.3. The number of phenolic OH excluding ortho intramolecular Hbond substituents is 2. The molecule has 0 spiro atoms. The Hall–Kier alpha value is -6.27. The maximum absolute atomic E-state index is 12.1. The lowest BCUT2D eigenvalue weighted by Crippen LogP contribution is -1.90. The second-order valence-electron chi connectivity index (χ2n) is 14.1.